The van der Waals surface area contributed by atoms with Gasteiger partial charge in [-0.1, -0.05) is 0 Å². The van der Waals surface area contributed by atoms with Crippen LogP contribution in [0.2, 0.25) is 0 Å². The van der Waals surface area contributed by atoms with Gasteiger partial charge in [0, 0.05) is 30.3 Å². The lowest BCUT2D eigenvalue weighted by molar-refractivity contribution is 0.802. The van der Waals surface area contributed by atoms with Crippen LogP contribution in [-0.2, 0) is 0 Å². The molecule has 0 aliphatic rings. The van der Waals surface area contributed by atoms with E-state index in [2.05, 4.69) is 32.7 Å². The molecule has 0 saturated heterocycles. The van der Waals surface area contributed by atoms with Gasteiger partial charge in [-0.3, -0.25) is 0 Å². The smallest absolute Gasteiger partial charge is 0.128 e. The van der Waals surface area contributed by atoms with Gasteiger partial charge in [0.1, 0.15) is 5.82 Å². The number of nitrogens with two attached hydrogens (primary N) is 1. The van der Waals surface area contributed by atoms with E-state index in [1.165, 1.54) is 0 Å². The van der Waals surface area contributed by atoms with Gasteiger partial charge < -0.3 is 10.6 Å². The average Bonchev–Trinajstić information content (AvgIpc) is 2.16. The van der Waals surface area contributed by atoms with Crippen LogP contribution in [0.1, 0.15) is 6.92 Å². The minimum atomic E-state index is 0.658. The highest BCUT2D eigenvalue weighted by Gasteiger charge is 2.02. The largest absolute Gasteiger partial charge is 0.356 e. The standard InChI is InChI=1S/C9H14BrN3/c1-2-13(6-5-11)9-4-3-8(10)7-12-9/h3-4,7H,2,5-6,11H2,1H3. The van der Waals surface area contributed by atoms with E-state index in [1.54, 1.807) is 6.20 Å². The molecule has 1 aromatic rings. The van der Waals surface area contributed by atoms with E-state index in [4.69, 9.17) is 5.73 Å². The van der Waals surface area contributed by atoms with Crippen molar-refractivity contribution in [1.29, 1.82) is 0 Å². The first-order valence-electron chi connectivity index (χ1n) is 4.34. The molecule has 2 N–H and O–H groups in total. The van der Waals surface area contributed by atoms with Crippen molar-refractivity contribution in [3.05, 3.63) is 22.8 Å². The van der Waals surface area contributed by atoms with Crippen molar-refractivity contribution >= 4 is 21.7 Å². The summed E-state index contributed by atoms with van der Waals surface area (Å²) in [5.74, 6) is 0.983. The molecular formula is C9H14BrN3. The molecule has 0 bridgehead atoms. The number of rotatable bonds is 4. The predicted octanol–water partition coefficient (Wildman–Crippen LogP) is 1.63. The zero-order valence-corrected chi connectivity index (χ0v) is 9.29. The molecule has 0 fully saturated rings. The fourth-order valence-corrected chi connectivity index (χ4v) is 1.38. The van der Waals surface area contributed by atoms with Crippen molar-refractivity contribution in [3.8, 4) is 0 Å². The SMILES string of the molecule is CCN(CCN)c1ccc(Br)cn1. The van der Waals surface area contributed by atoms with E-state index in [0.29, 0.717) is 6.54 Å². The molecule has 0 atom stereocenters. The molecule has 0 aliphatic carbocycles. The number of anilines is 1. The fraction of sp³-hybridized carbons (Fsp3) is 0.444. The van der Waals surface area contributed by atoms with Crippen LogP contribution < -0.4 is 10.6 Å². The number of hydrogen-bond donors (Lipinski definition) is 1. The summed E-state index contributed by atoms with van der Waals surface area (Å²) in [5.41, 5.74) is 5.49. The molecule has 4 heteroatoms. The van der Waals surface area contributed by atoms with E-state index in [1.807, 2.05) is 12.1 Å². The molecule has 13 heavy (non-hydrogen) atoms. The van der Waals surface area contributed by atoms with Gasteiger partial charge in [-0.25, -0.2) is 4.98 Å². The molecule has 0 aliphatic heterocycles. The van der Waals surface area contributed by atoms with Gasteiger partial charge in [-0.2, -0.15) is 0 Å². The van der Waals surface area contributed by atoms with Crippen molar-refractivity contribution in [3.63, 3.8) is 0 Å². The highest BCUT2D eigenvalue weighted by molar-refractivity contribution is 9.10. The Bertz CT molecular complexity index is 248. The van der Waals surface area contributed by atoms with Gasteiger partial charge in [0.15, 0.2) is 0 Å². The summed E-state index contributed by atoms with van der Waals surface area (Å²) in [7, 11) is 0. The van der Waals surface area contributed by atoms with Crippen molar-refractivity contribution in [2.75, 3.05) is 24.5 Å². The molecule has 0 unspecified atom stereocenters. The Balaban J connectivity index is 2.73. The van der Waals surface area contributed by atoms with Crippen LogP contribution in [0, 0.1) is 0 Å². The molecule has 0 aromatic carbocycles. The lowest BCUT2D eigenvalue weighted by atomic mass is 10.4. The number of pyridine rings is 1. The summed E-state index contributed by atoms with van der Waals surface area (Å²) in [6.07, 6.45) is 1.80. The highest BCUT2D eigenvalue weighted by atomic mass is 79.9. The third-order valence-corrected chi connectivity index (χ3v) is 2.29. The quantitative estimate of drug-likeness (QED) is 0.875. The van der Waals surface area contributed by atoms with Crippen molar-refractivity contribution in [2.45, 2.75) is 6.92 Å². The normalized spacial score (nSPS) is 10.1. The molecule has 72 valence electrons. The first-order chi connectivity index (χ1) is 6.27. The minimum Gasteiger partial charge on any atom is -0.356 e. The Hall–Kier alpha value is -0.610. The summed E-state index contributed by atoms with van der Waals surface area (Å²) in [5, 5.41) is 0. The third kappa shape index (κ3) is 2.97. The summed E-state index contributed by atoms with van der Waals surface area (Å²) >= 11 is 3.35. The van der Waals surface area contributed by atoms with Crippen LogP contribution >= 0.6 is 15.9 Å². The van der Waals surface area contributed by atoms with Crippen LogP contribution in [0.4, 0.5) is 5.82 Å². The van der Waals surface area contributed by atoms with Crippen molar-refractivity contribution < 1.29 is 0 Å². The number of likely N-dealkylation sites (N-methyl/N-ethyl adjacent to an activating group) is 1. The molecule has 0 radical (unpaired) electrons. The van der Waals surface area contributed by atoms with Crippen LogP contribution in [0.15, 0.2) is 22.8 Å². The van der Waals surface area contributed by atoms with Crippen LogP contribution in [-0.4, -0.2) is 24.6 Å². The van der Waals surface area contributed by atoms with Gasteiger partial charge >= 0.3 is 0 Å². The highest BCUT2D eigenvalue weighted by Crippen LogP contribution is 2.13. The van der Waals surface area contributed by atoms with Crippen molar-refractivity contribution in [2.24, 2.45) is 5.73 Å². The molecule has 3 nitrogen and oxygen atoms in total. The summed E-state index contributed by atoms with van der Waals surface area (Å²) in [4.78, 5) is 6.44. The van der Waals surface area contributed by atoms with E-state index >= 15 is 0 Å². The summed E-state index contributed by atoms with van der Waals surface area (Å²) in [6, 6.07) is 3.98. The van der Waals surface area contributed by atoms with Gasteiger partial charge in [0.25, 0.3) is 0 Å². The second-order valence-electron chi connectivity index (χ2n) is 2.70. The number of hydrogen-bond acceptors (Lipinski definition) is 3. The molecule has 1 aromatic heterocycles. The first kappa shape index (κ1) is 10.5. The second kappa shape index (κ2) is 5.19. The van der Waals surface area contributed by atoms with Gasteiger partial charge in [0.2, 0.25) is 0 Å². The summed E-state index contributed by atoms with van der Waals surface area (Å²) < 4.78 is 1.00. The average molecular weight is 244 g/mol. The minimum absolute atomic E-state index is 0.658. The molecule has 0 amide bonds. The Morgan fingerprint density at radius 2 is 2.31 bits per heavy atom. The van der Waals surface area contributed by atoms with E-state index in [-0.39, 0.29) is 0 Å². The number of halogens is 1. The molecular weight excluding hydrogens is 230 g/mol. The van der Waals surface area contributed by atoms with E-state index in [0.717, 1.165) is 23.4 Å². The topological polar surface area (TPSA) is 42.1 Å². The maximum atomic E-state index is 5.49. The van der Waals surface area contributed by atoms with Gasteiger partial charge in [-0.05, 0) is 35.0 Å². The van der Waals surface area contributed by atoms with Crippen molar-refractivity contribution in [1.82, 2.24) is 4.98 Å². The van der Waals surface area contributed by atoms with Gasteiger partial charge in [0.05, 0.1) is 0 Å². The maximum absolute atomic E-state index is 5.49. The monoisotopic (exact) mass is 243 g/mol. The molecule has 1 heterocycles. The van der Waals surface area contributed by atoms with Crippen LogP contribution in [0.3, 0.4) is 0 Å². The molecule has 0 spiro atoms. The van der Waals surface area contributed by atoms with Crippen LogP contribution in [0.5, 0.6) is 0 Å². The third-order valence-electron chi connectivity index (χ3n) is 1.82. The van der Waals surface area contributed by atoms with Crippen LogP contribution in [0.25, 0.3) is 0 Å². The summed E-state index contributed by atoms with van der Waals surface area (Å²) in [6.45, 7) is 4.54. The lowest BCUT2D eigenvalue weighted by Crippen LogP contribution is -2.29. The van der Waals surface area contributed by atoms with E-state index < -0.39 is 0 Å². The Morgan fingerprint density at radius 3 is 2.77 bits per heavy atom. The molecule has 1 rings (SSSR count). The molecule has 0 saturated carbocycles. The fourth-order valence-electron chi connectivity index (χ4n) is 1.15. The predicted molar refractivity (Wildman–Crippen MR) is 58.9 cm³/mol. The zero-order valence-electron chi connectivity index (χ0n) is 7.70. The van der Waals surface area contributed by atoms with Gasteiger partial charge in [-0.15, -0.1) is 0 Å². The zero-order chi connectivity index (χ0) is 9.68. The Labute approximate surface area is 87.1 Å². The van der Waals surface area contributed by atoms with E-state index in [9.17, 15) is 0 Å². The maximum Gasteiger partial charge on any atom is 0.128 e. The second-order valence-corrected chi connectivity index (χ2v) is 3.62. The lowest BCUT2D eigenvalue weighted by Gasteiger charge is -2.20. The number of aromatic nitrogens is 1. The Morgan fingerprint density at radius 1 is 1.54 bits per heavy atom. The Kier molecular flexibility index (Phi) is 4.18. The first-order valence-corrected chi connectivity index (χ1v) is 5.13. The number of nitrogens with zero attached hydrogens (tertiary/aromatic N) is 2.